The summed E-state index contributed by atoms with van der Waals surface area (Å²) in [4.78, 5) is 31.9. The molecular formula is C31H50N4O2. The summed E-state index contributed by atoms with van der Waals surface area (Å²) in [6.45, 7) is 4.62. The number of carbonyl (C=O) groups is 2. The first-order chi connectivity index (χ1) is 17.9. The fourth-order valence-corrected chi connectivity index (χ4v) is 7.37. The third kappa shape index (κ3) is 6.75. The maximum atomic E-state index is 14.4. The van der Waals surface area contributed by atoms with Gasteiger partial charge >= 0.3 is 0 Å². The van der Waals surface area contributed by atoms with Crippen LogP contribution in [-0.4, -0.2) is 65.9 Å². The van der Waals surface area contributed by atoms with Gasteiger partial charge in [0.2, 0.25) is 11.8 Å². The van der Waals surface area contributed by atoms with Crippen molar-refractivity contribution in [3.8, 4) is 0 Å². The number of nitrogens with one attached hydrogen (secondary N) is 1. The van der Waals surface area contributed by atoms with Crippen molar-refractivity contribution in [1.82, 2.24) is 15.1 Å². The van der Waals surface area contributed by atoms with E-state index in [1.165, 1.54) is 44.1 Å². The molecule has 206 valence electrons. The molecule has 3 atom stereocenters. The first-order valence-electron chi connectivity index (χ1n) is 15.0. The molecule has 1 aromatic carbocycles. The van der Waals surface area contributed by atoms with Crippen molar-refractivity contribution in [3.05, 3.63) is 35.9 Å². The predicted octanol–water partition coefficient (Wildman–Crippen LogP) is 4.51. The van der Waals surface area contributed by atoms with Crippen molar-refractivity contribution >= 4 is 11.8 Å². The van der Waals surface area contributed by atoms with Crippen LogP contribution in [0.2, 0.25) is 0 Å². The van der Waals surface area contributed by atoms with Gasteiger partial charge in [0.15, 0.2) is 0 Å². The van der Waals surface area contributed by atoms with Crippen LogP contribution in [0.3, 0.4) is 0 Å². The number of primary amides is 1. The van der Waals surface area contributed by atoms with E-state index in [0.717, 1.165) is 64.6 Å². The van der Waals surface area contributed by atoms with E-state index in [1.54, 1.807) is 7.05 Å². The monoisotopic (exact) mass is 510 g/mol. The Morgan fingerprint density at radius 1 is 1.00 bits per heavy atom. The van der Waals surface area contributed by atoms with E-state index in [4.69, 9.17) is 5.73 Å². The molecule has 37 heavy (non-hydrogen) atoms. The van der Waals surface area contributed by atoms with Crippen LogP contribution in [-0.2, 0) is 16.0 Å². The predicted molar refractivity (Wildman–Crippen MR) is 150 cm³/mol. The lowest BCUT2D eigenvalue weighted by molar-refractivity contribution is -0.147. The highest BCUT2D eigenvalue weighted by atomic mass is 16.2. The maximum absolute atomic E-state index is 14.4. The smallest absolute Gasteiger partial charge is 0.238 e. The molecule has 1 aliphatic heterocycles. The second-order valence-electron chi connectivity index (χ2n) is 12.0. The number of nitrogens with zero attached hydrogens (tertiary/aromatic N) is 2. The SMILES string of the molecule is CNC(C)(C(N)=O)[C@@H](C(=O)N1CCC[C@H]1CN(CCc1ccccc1)C1CCCCC1)C1CCCCC1. The van der Waals surface area contributed by atoms with Crippen LogP contribution in [0.5, 0.6) is 0 Å². The molecule has 0 radical (unpaired) electrons. The molecule has 1 saturated heterocycles. The molecule has 0 bridgehead atoms. The van der Waals surface area contributed by atoms with E-state index in [2.05, 4.69) is 45.4 Å². The number of likely N-dealkylation sites (tertiary alicyclic amines) is 1. The van der Waals surface area contributed by atoms with Gasteiger partial charge in [-0.3, -0.25) is 14.5 Å². The lowest BCUT2D eigenvalue weighted by Gasteiger charge is -2.44. The molecule has 0 aromatic heterocycles. The van der Waals surface area contributed by atoms with Gasteiger partial charge in [-0.2, -0.15) is 0 Å². The van der Waals surface area contributed by atoms with Crippen LogP contribution >= 0.6 is 0 Å². The zero-order valence-electron chi connectivity index (χ0n) is 23.3. The number of nitrogens with two attached hydrogens (primary N) is 1. The van der Waals surface area contributed by atoms with Gasteiger partial charge in [0.05, 0.1) is 5.92 Å². The average Bonchev–Trinajstić information content (AvgIpc) is 3.40. The number of amides is 2. The van der Waals surface area contributed by atoms with Gasteiger partial charge < -0.3 is 16.0 Å². The standard InChI is InChI=1S/C31H50N4O2/c1-31(33-2,30(32)37)28(25-15-8-4-9-16-25)29(36)35-21-12-19-27(35)23-34(26-17-10-5-11-18-26)22-20-24-13-6-3-7-14-24/h3,6-7,13-14,25-28,33H,4-5,8-12,15-23H2,1-2H3,(H2,32,37)/t27-,28+,31?/m0/s1. The summed E-state index contributed by atoms with van der Waals surface area (Å²) >= 11 is 0. The van der Waals surface area contributed by atoms with Crippen molar-refractivity contribution in [2.24, 2.45) is 17.6 Å². The highest BCUT2D eigenvalue weighted by Crippen LogP contribution is 2.38. The van der Waals surface area contributed by atoms with E-state index in [-0.39, 0.29) is 17.9 Å². The van der Waals surface area contributed by atoms with Gasteiger partial charge in [-0.05, 0) is 70.4 Å². The molecule has 1 heterocycles. The number of rotatable bonds is 11. The molecular weight excluding hydrogens is 460 g/mol. The Labute approximate surface area is 224 Å². The second kappa shape index (κ2) is 13.2. The summed E-state index contributed by atoms with van der Waals surface area (Å²) < 4.78 is 0. The summed E-state index contributed by atoms with van der Waals surface area (Å²) in [5, 5.41) is 3.19. The Hall–Kier alpha value is -1.92. The first kappa shape index (κ1) is 28.1. The quantitative estimate of drug-likeness (QED) is 0.459. The molecule has 2 saturated carbocycles. The maximum Gasteiger partial charge on any atom is 0.238 e. The molecule has 3 fully saturated rings. The summed E-state index contributed by atoms with van der Waals surface area (Å²) in [5.74, 6) is -0.457. The minimum atomic E-state index is -1.03. The third-order valence-corrected chi connectivity index (χ3v) is 9.77. The highest BCUT2D eigenvalue weighted by Gasteiger charge is 2.50. The summed E-state index contributed by atoms with van der Waals surface area (Å²) in [5.41, 5.74) is 6.31. The fourth-order valence-electron chi connectivity index (χ4n) is 7.37. The van der Waals surface area contributed by atoms with Crippen LogP contribution in [0.1, 0.15) is 89.5 Å². The minimum Gasteiger partial charge on any atom is -0.368 e. The Morgan fingerprint density at radius 3 is 2.27 bits per heavy atom. The number of benzene rings is 1. The molecule has 3 N–H and O–H groups in total. The number of likely N-dealkylation sites (N-methyl/N-ethyl adjacent to an activating group) is 1. The molecule has 2 aliphatic carbocycles. The molecule has 4 rings (SSSR count). The van der Waals surface area contributed by atoms with Crippen LogP contribution < -0.4 is 11.1 Å². The summed E-state index contributed by atoms with van der Waals surface area (Å²) in [7, 11) is 1.78. The van der Waals surface area contributed by atoms with Gasteiger partial charge in [0.25, 0.3) is 0 Å². The molecule has 6 heteroatoms. The van der Waals surface area contributed by atoms with Crippen molar-refractivity contribution in [3.63, 3.8) is 0 Å². The molecule has 1 unspecified atom stereocenters. The number of carbonyl (C=O) groups excluding carboxylic acids is 2. The van der Waals surface area contributed by atoms with E-state index < -0.39 is 17.4 Å². The van der Waals surface area contributed by atoms with Crippen LogP contribution in [0.4, 0.5) is 0 Å². The average molecular weight is 511 g/mol. The zero-order valence-corrected chi connectivity index (χ0v) is 23.3. The van der Waals surface area contributed by atoms with Crippen molar-refractivity contribution in [2.45, 2.75) is 108 Å². The second-order valence-corrected chi connectivity index (χ2v) is 12.0. The summed E-state index contributed by atoms with van der Waals surface area (Å²) in [6, 6.07) is 11.6. The van der Waals surface area contributed by atoms with E-state index >= 15 is 0 Å². The lowest BCUT2D eigenvalue weighted by atomic mass is 9.69. The van der Waals surface area contributed by atoms with Gasteiger partial charge in [-0.25, -0.2) is 0 Å². The van der Waals surface area contributed by atoms with Gasteiger partial charge in [0.1, 0.15) is 5.54 Å². The Balaban J connectivity index is 1.52. The third-order valence-electron chi connectivity index (χ3n) is 9.77. The Kier molecular flexibility index (Phi) is 10.1. The van der Waals surface area contributed by atoms with Crippen molar-refractivity contribution in [1.29, 1.82) is 0 Å². The first-order valence-corrected chi connectivity index (χ1v) is 15.0. The topological polar surface area (TPSA) is 78.7 Å². The van der Waals surface area contributed by atoms with Crippen molar-refractivity contribution < 1.29 is 9.59 Å². The number of hydrogen-bond donors (Lipinski definition) is 2. The van der Waals surface area contributed by atoms with Crippen LogP contribution in [0.25, 0.3) is 0 Å². The van der Waals surface area contributed by atoms with E-state index in [9.17, 15) is 9.59 Å². The summed E-state index contributed by atoms with van der Waals surface area (Å²) in [6.07, 6.45) is 15.1. The van der Waals surface area contributed by atoms with Gasteiger partial charge in [-0.15, -0.1) is 0 Å². The van der Waals surface area contributed by atoms with Crippen molar-refractivity contribution in [2.75, 3.05) is 26.7 Å². The molecule has 1 aromatic rings. The number of hydrogen-bond acceptors (Lipinski definition) is 4. The Bertz CT molecular complexity index is 865. The molecule has 0 spiro atoms. The fraction of sp³-hybridized carbons (Fsp3) is 0.742. The zero-order chi connectivity index (χ0) is 26.3. The Morgan fingerprint density at radius 2 is 1.65 bits per heavy atom. The normalized spacial score (nSPS) is 24.2. The largest absolute Gasteiger partial charge is 0.368 e. The highest BCUT2D eigenvalue weighted by molar-refractivity contribution is 5.93. The molecule has 6 nitrogen and oxygen atoms in total. The molecule has 2 amide bonds. The van der Waals surface area contributed by atoms with Gasteiger partial charge in [-0.1, -0.05) is 68.9 Å². The van der Waals surface area contributed by atoms with Crippen LogP contribution in [0, 0.1) is 11.8 Å². The minimum absolute atomic E-state index is 0.150. The van der Waals surface area contributed by atoms with E-state index in [1.807, 2.05) is 6.92 Å². The van der Waals surface area contributed by atoms with Crippen LogP contribution in [0.15, 0.2) is 30.3 Å². The van der Waals surface area contributed by atoms with Gasteiger partial charge in [0, 0.05) is 31.7 Å². The lowest BCUT2D eigenvalue weighted by Crippen LogP contribution is -2.63. The van der Waals surface area contributed by atoms with E-state index in [0.29, 0.717) is 6.04 Å². The molecule has 3 aliphatic rings.